The number of sulfone groups is 2. The normalized spacial score (nSPS) is 12.7. The Morgan fingerprint density at radius 2 is 1.78 bits per heavy atom. The Morgan fingerprint density at radius 1 is 1.15 bits per heavy atom. The molecule has 0 bridgehead atoms. The topological polar surface area (TPSA) is 118 Å². The van der Waals surface area contributed by atoms with Crippen LogP contribution in [0, 0.1) is 0 Å². The molecule has 2 rings (SSSR count). The lowest BCUT2D eigenvalue weighted by Gasteiger charge is -2.13. The van der Waals surface area contributed by atoms with Gasteiger partial charge in [0.25, 0.3) is 9.84 Å². The largest absolute Gasteiger partial charge is 0.501 e. The van der Waals surface area contributed by atoms with E-state index in [1.165, 1.54) is 25.3 Å². The average Bonchev–Trinajstić information content (AvgIpc) is 2.60. The maximum atomic E-state index is 12.7. The molecule has 146 valence electrons. The number of pyridine rings is 1. The van der Waals surface area contributed by atoms with Crippen LogP contribution in [0.2, 0.25) is 0 Å². The molecule has 1 heterocycles. The van der Waals surface area contributed by atoms with Gasteiger partial charge in [-0.3, -0.25) is 4.98 Å². The first-order valence-electron chi connectivity index (χ1n) is 7.19. The average molecular weight is 423 g/mol. The molecular formula is C15H12F3NO6S2. The number of carbonyl (C=O) groups is 1. The summed E-state index contributed by atoms with van der Waals surface area (Å²) in [6.07, 6.45) is 1.18. The quantitative estimate of drug-likeness (QED) is 0.785. The minimum atomic E-state index is -5.78. The van der Waals surface area contributed by atoms with Crippen LogP contribution in [-0.2, 0) is 19.7 Å². The number of hydrogen-bond donors (Lipinski definition) is 1. The molecule has 0 atom stereocenters. The fourth-order valence-electron chi connectivity index (χ4n) is 2.21. The van der Waals surface area contributed by atoms with E-state index in [-0.39, 0.29) is 21.9 Å². The van der Waals surface area contributed by atoms with Crippen LogP contribution in [0.5, 0.6) is 0 Å². The summed E-state index contributed by atoms with van der Waals surface area (Å²) in [7, 11) is -9.61. The summed E-state index contributed by atoms with van der Waals surface area (Å²) >= 11 is 0. The second-order valence-electron chi connectivity index (χ2n) is 5.22. The highest BCUT2D eigenvalue weighted by Crippen LogP contribution is 2.34. The van der Waals surface area contributed by atoms with Crippen molar-refractivity contribution in [3.63, 3.8) is 0 Å². The SMILES string of the molecule is CCS(=O)(=O)c1cccnc1-c1ccc(S(=O)(=O)C(F)(F)F)cc1C(=O)O. The van der Waals surface area contributed by atoms with Crippen molar-refractivity contribution in [1.82, 2.24) is 4.98 Å². The van der Waals surface area contributed by atoms with Crippen molar-refractivity contribution < 1.29 is 39.9 Å². The molecule has 0 amide bonds. The van der Waals surface area contributed by atoms with E-state index in [4.69, 9.17) is 0 Å². The zero-order valence-corrected chi connectivity index (χ0v) is 15.2. The van der Waals surface area contributed by atoms with Gasteiger partial charge in [-0.05, 0) is 24.3 Å². The first-order valence-corrected chi connectivity index (χ1v) is 10.3. The van der Waals surface area contributed by atoms with Crippen molar-refractivity contribution in [1.29, 1.82) is 0 Å². The van der Waals surface area contributed by atoms with Gasteiger partial charge in [0.05, 0.1) is 26.8 Å². The zero-order chi connectivity index (χ0) is 20.6. The van der Waals surface area contributed by atoms with Crippen LogP contribution in [0.4, 0.5) is 13.2 Å². The molecule has 0 aliphatic carbocycles. The molecule has 1 aromatic carbocycles. The second kappa shape index (κ2) is 6.93. The third kappa shape index (κ3) is 3.81. The van der Waals surface area contributed by atoms with Crippen LogP contribution >= 0.6 is 0 Å². The molecule has 1 aromatic heterocycles. The smallest absolute Gasteiger partial charge is 0.478 e. The summed E-state index contributed by atoms with van der Waals surface area (Å²) in [6.45, 7) is 1.35. The first kappa shape index (κ1) is 20.8. The summed E-state index contributed by atoms with van der Waals surface area (Å²) < 4.78 is 85.6. The molecule has 1 N–H and O–H groups in total. The molecular weight excluding hydrogens is 411 g/mol. The maximum Gasteiger partial charge on any atom is 0.501 e. The molecule has 0 aliphatic rings. The number of rotatable bonds is 5. The molecule has 0 unspecified atom stereocenters. The van der Waals surface area contributed by atoms with Gasteiger partial charge < -0.3 is 5.11 Å². The van der Waals surface area contributed by atoms with Crippen LogP contribution in [-0.4, -0.2) is 44.2 Å². The molecule has 0 saturated carbocycles. The lowest BCUT2D eigenvalue weighted by atomic mass is 10.0. The van der Waals surface area contributed by atoms with Crippen LogP contribution in [0.1, 0.15) is 17.3 Å². The summed E-state index contributed by atoms with van der Waals surface area (Å²) in [4.78, 5) is 13.7. The van der Waals surface area contributed by atoms with Gasteiger partial charge in [-0.25, -0.2) is 21.6 Å². The van der Waals surface area contributed by atoms with Crippen LogP contribution in [0.15, 0.2) is 46.3 Å². The molecule has 0 fully saturated rings. The van der Waals surface area contributed by atoms with Gasteiger partial charge in [-0.1, -0.05) is 13.0 Å². The molecule has 0 radical (unpaired) electrons. The van der Waals surface area contributed by atoms with Gasteiger partial charge in [0.15, 0.2) is 9.84 Å². The predicted octanol–water partition coefficient (Wildman–Crippen LogP) is 2.53. The number of nitrogens with zero attached hydrogens (tertiary/aromatic N) is 1. The molecule has 2 aromatic rings. The van der Waals surface area contributed by atoms with Gasteiger partial charge in [0, 0.05) is 11.8 Å². The summed E-state index contributed by atoms with van der Waals surface area (Å²) in [5.41, 5.74) is -7.07. The number of carboxylic acids is 1. The Balaban J connectivity index is 2.81. The highest BCUT2D eigenvalue weighted by Gasteiger charge is 2.47. The van der Waals surface area contributed by atoms with Crippen molar-refractivity contribution >= 4 is 25.6 Å². The fraction of sp³-hybridized carbons (Fsp3) is 0.200. The number of hydrogen-bond acceptors (Lipinski definition) is 6. The van der Waals surface area contributed by atoms with E-state index >= 15 is 0 Å². The fourth-order valence-corrected chi connectivity index (χ4v) is 4.05. The van der Waals surface area contributed by atoms with Crippen molar-refractivity contribution in [3.8, 4) is 11.3 Å². The van der Waals surface area contributed by atoms with Gasteiger partial charge in [-0.15, -0.1) is 0 Å². The van der Waals surface area contributed by atoms with Crippen LogP contribution < -0.4 is 0 Å². The lowest BCUT2D eigenvalue weighted by molar-refractivity contribution is -0.0436. The highest BCUT2D eigenvalue weighted by molar-refractivity contribution is 7.92. The lowest BCUT2D eigenvalue weighted by Crippen LogP contribution is -2.23. The molecule has 0 saturated heterocycles. The molecule has 27 heavy (non-hydrogen) atoms. The summed E-state index contributed by atoms with van der Waals surface area (Å²) in [5.74, 6) is -2.07. The van der Waals surface area contributed by atoms with E-state index in [9.17, 15) is 39.9 Å². The Kier molecular flexibility index (Phi) is 5.34. The van der Waals surface area contributed by atoms with E-state index in [2.05, 4.69) is 4.98 Å². The van der Waals surface area contributed by atoms with Gasteiger partial charge in [0.2, 0.25) is 0 Å². The Hall–Kier alpha value is -2.47. The Bertz CT molecular complexity index is 1110. The van der Waals surface area contributed by atoms with E-state index in [0.717, 1.165) is 6.07 Å². The number of aromatic nitrogens is 1. The first-order chi connectivity index (χ1) is 12.3. The van der Waals surface area contributed by atoms with Crippen molar-refractivity contribution in [2.45, 2.75) is 22.2 Å². The van der Waals surface area contributed by atoms with E-state index in [1.54, 1.807) is 0 Å². The van der Waals surface area contributed by atoms with Crippen molar-refractivity contribution in [2.24, 2.45) is 0 Å². The molecule has 7 nitrogen and oxygen atoms in total. The minimum absolute atomic E-state index is 0.298. The van der Waals surface area contributed by atoms with Crippen molar-refractivity contribution in [3.05, 3.63) is 42.1 Å². The third-order valence-electron chi connectivity index (χ3n) is 3.58. The standard InChI is InChI=1S/C15H12F3NO6S2/c1-2-26(22,23)12-4-3-7-19-13(12)10-6-5-9(8-11(10)14(20)21)27(24,25)15(16,17)18/h3-8H,2H2,1H3,(H,20,21). The van der Waals surface area contributed by atoms with Crippen LogP contribution in [0.3, 0.4) is 0 Å². The third-order valence-corrected chi connectivity index (χ3v) is 6.82. The number of benzene rings is 1. The number of aromatic carboxylic acids is 1. The van der Waals surface area contributed by atoms with E-state index < -0.39 is 41.6 Å². The minimum Gasteiger partial charge on any atom is -0.478 e. The molecule has 0 spiro atoms. The Morgan fingerprint density at radius 3 is 2.30 bits per heavy atom. The Labute approximate surface area is 152 Å². The maximum absolute atomic E-state index is 12.7. The van der Waals surface area contributed by atoms with E-state index in [0.29, 0.717) is 12.1 Å². The van der Waals surface area contributed by atoms with Crippen molar-refractivity contribution in [2.75, 3.05) is 5.75 Å². The molecule has 0 aliphatic heterocycles. The summed E-state index contributed by atoms with van der Waals surface area (Å²) in [6, 6.07) is 4.15. The second-order valence-corrected chi connectivity index (χ2v) is 9.40. The zero-order valence-electron chi connectivity index (χ0n) is 13.6. The van der Waals surface area contributed by atoms with E-state index in [1.807, 2.05) is 0 Å². The van der Waals surface area contributed by atoms with Gasteiger partial charge in [-0.2, -0.15) is 13.2 Å². The molecule has 12 heteroatoms. The monoisotopic (exact) mass is 423 g/mol. The highest BCUT2D eigenvalue weighted by atomic mass is 32.2. The summed E-state index contributed by atoms with van der Waals surface area (Å²) in [5, 5.41) is 9.32. The van der Waals surface area contributed by atoms with Crippen LogP contribution in [0.25, 0.3) is 11.3 Å². The van der Waals surface area contributed by atoms with Gasteiger partial charge >= 0.3 is 11.5 Å². The number of alkyl halides is 3. The number of halogens is 3. The van der Waals surface area contributed by atoms with Gasteiger partial charge in [0.1, 0.15) is 0 Å². The number of carboxylic acid groups (broad SMARTS) is 1. The predicted molar refractivity (Wildman–Crippen MR) is 87.6 cm³/mol.